The van der Waals surface area contributed by atoms with Crippen molar-refractivity contribution >= 4 is 63.8 Å². The summed E-state index contributed by atoms with van der Waals surface area (Å²) in [6, 6.07) is 14.2. The van der Waals surface area contributed by atoms with Gasteiger partial charge in [-0.3, -0.25) is 14.5 Å². The minimum atomic E-state index is -0.382. The van der Waals surface area contributed by atoms with E-state index >= 15 is 0 Å². The minimum absolute atomic E-state index is 0.115. The van der Waals surface area contributed by atoms with Crippen molar-refractivity contribution in [3.8, 4) is 11.3 Å². The number of nitrogens with zero attached hydrogens (tertiary/aromatic N) is 1. The second-order valence-corrected chi connectivity index (χ2v) is 8.90. The molecule has 2 heterocycles. The molecule has 0 saturated carbocycles. The molecule has 1 aliphatic heterocycles. The van der Waals surface area contributed by atoms with Crippen LogP contribution in [0.4, 0.5) is 4.79 Å². The molecule has 0 unspecified atom stereocenters. The van der Waals surface area contributed by atoms with Gasteiger partial charge in [-0.15, -0.1) is 0 Å². The van der Waals surface area contributed by atoms with Crippen LogP contribution in [0, 0.1) is 6.92 Å². The highest BCUT2D eigenvalue weighted by molar-refractivity contribution is 8.18. The zero-order chi connectivity index (χ0) is 21.4. The molecule has 1 aliphatic rings. The molecule has 4 rings (SSSR count). The Balaban J connectivity index is 1.54. The van der Waals surface area contributed by atoms with Crippen molar-refractivity contribution in [2.45, 2.75) is 13.5 Å². The molecule has 1 aromatic heterocycles. The van der Waals surface area contributed by atoms with Gasteiger partial charge in [0.1, 0.15) is 11.5 Å². The van der Waals surface area contributed by atoms with E-state index in [0.717, 1.165) is 22.9 Å². The lowest BCUT2D eigenvalue weighted by Crippen LogP contribution is -2.27. The minimum Gasteiger partial charge on any atom is -0.457 e. The first-order chi connectivity index (χ1) is 14.3. The van der Waals surface area contributed by atoms with Gasteiger partial charge in [-0.25, -0.2) is 0 Å². The Morgan fingerprint density at radius 2 is 1.77 bits per heavy atom. The number of hydrogen-bond acceptors (Lipinski definition) is 4. The van der Waals surface area contributed by atoms with Gasteiger partial charge in [0, 0.05) is 16.7 Å². The summed E-state index contributed by atoms with van der Waals surface area (Å²) in [5, 5.41) is 1.08. The summed E-state index contributed by atoms with van der Waals surface area (Å²) in [7, 11) is 0. The zero-order valence-corrected chi connectivity index (χ0v) is 18.7. The third-order valence-electron chi connectivity index (χ3n) is 4.55. The summed E-state index contributed by atoms with van der Waals surface area (Å²) in [4.78, 5) is 26.6. The zero-order valence-electron chi connectivity index (χ0n) is 15.6. The van der Waals surface area contributed by atoms with Crippen LogP contribution in [0.25, 0.3) is 17.4 Å². The monoisotopic (exact) mass is 477 g/mol. The molecular weight excluding hydrogens is 465 g/mol. The first-order valence-electron chi connectivity index (χ1n) is 8.87. The van der Waals surface area contributed by atoms with Crippen LogP contribution in [-0.4, -0.2) is 16.0 Å². The number of aryl methyl sites for hydroxylation is 1. The van der Waals surface area contributed by atoms with Crippen molar-refractivity contribution in [3.63, 3.8) is 0 Å². The lowest BCUT2D eigenvalue weighted by molar-refractivity contribution is -0.123. The number of rotatable bonds is 4. The number of hydrogen-bond donors (Lipinski definition) is 0. The molecule has 2 amide bonds. The summed E-state index contributed by atoms with van der Waals surface area (Å²) in [6.45, 7) is 2.04. The number of furan rings is 1. The first-order valence-corrected chi connectivity index (χ1v) is 10.8. The maximum atomic E-state index is 12.7. The SMILES string of the molecule is Cc1ccc(-c2ccc(/C=C3\SC(=O)N(Cc4ccc(Cl)c(Cl)c4)C3=O)o2)cc1Cl. The Morgan fingerprint density at radius 3 is 2.50 bits per heavy atom. The van der Waals surface area contributed by atoms with Crippen molar-refractivity contribution < 1.29 is 14.0 Å². The van der Waals surface area contributed by atoms with E-state index in [2.05, 4.69) is 0 Å². The molecule has 0 spiro atoms. The second-order valence-electron chi connectivity index (χ2n) is 6.68. The Hall–Kier alpha value is -2.18. The third-order valence-corrected chi connectivity index (χ3v) is 6.61. The fourth-order valence-electron chi connectivity index (χ4n) is 2.92. The molecular formula is C22H14Cl3NO3S. The number of imide groups is 1. The summed E-state index contributed by atoms with van der Waals surface area (Å²) < 4.78 is 5.83. The number of carbonyl (C=O) groups excluding carboxylic acids is 2. The fourth-order valence-corrected chi connectivity index (χ4v) is 4.24. The largest absolute Gasteiger partial charge is 0.457 e. The third kappa shape index (κ3) is 4.30. The molecule has 0 atom stereocenters. The number of halogens is 3. The van der Waals surface area contributed by atoms with Gasteiger partial charge in [0.2, 0.25) is 0 Å². The summed E-state index contributed by atoms with van der Waals surface area (Å²) >= 11 is 19.0. The van der Waals surface area contributed by atoms with Gasteiger partial charge in [-0.2, -0.15) is 0 Å². The molecule has 0 N–H and O–H groups in total. The van der Waals surface area contributed by atoms with Gasteiger partial charge in [-0.1, -0.05) is 53.0 Å². The first kappa shape index (κ1) is 21.1. The molecule has 0 bridgehead atoms. The smallest absolute Gasteiger partial charge is 0.293 e. The molecule has 8 heteroatoms. The van der Waals surface area contributed by atoms with E-state index in [0.29, 0.717) is 37.1 Å². The van der Waals surface area contributed by atoms with Gasteiger partial charge >= 0.3 is 0 Å². The summed E-state index contributed by atoms with van der Waals surface area (Å²) in [5.41, 5.74) is 2.52. The molecule has 3 aromatic rings. The van der Waals surface area contributed by atoms with Crippen molar-refractivity contribution in [2.24, 2.45) is 0 Å². The van der Waals surface area contributed by atoms with Gasteiger partial charge in [-0.05, 0) is 60.1 Å². The van der Waals surface area contributed by atoms with Gasteiger partial charge in [0.25, 0.3) is 11.1 Å². The van der Waals surface area contributed by atoms with E-state index in [1.54, 1.807) is 36.4 Å². The van der Waals surface area contributed by atoms with E-state index in [-0.39, 0.29) is 17.7 Å². The lowest BCUT2D eigenvalue weighted by atomic mass is 10.1. The lowest BCUT2D eigenvalue weighted by Gasteiger charge is -2.12. The van der Waals surface area contributed by atoms with E-state index in [4.69, 9.17) is 39.2 Å². The van der Waals surface area contributed by atoms with Crippen LogP contribution in [0.1, 0.15) is 16.9 Å². The number of amides is 2. The van der Waals surface area contributed by atoms with Gasteiger partial charge in [0.05, 0.1) is 21.5 Å². The maximum Gasteiger partial charge on any atom is 0.293 e. The quantitative estimate of drug-likeness (QED) is 0.365. The molecule has 152 valence electrons. The van der Waals surface area contributed by atoms with E-state index in [1.807, 2.05) is 25.1 Å². The highest BCUT2D eigenvalue weighted by atomic mass is 35.5. The Labute approximate surface area is 192 Å². The second kappa shape index (κ2) is 8.52. The van der Waals surface area contributed by atoms with Gasteiger partial charge in [0.15, 0.2) is 0 Å². The summed E-state index contributed by atoms with van der Waals surface area (Å²) in [6.07, 6.45) is 1.57. The number of benzene rings is 2. The van der Waals surface area contributed by atoms with Crippen LogP contribution in [0.5, 0.6) is 0 Å². The van der Waals surface area contributed by atoms with Crippen molar-refractivity contribution in [1.82, 2.24) is 4.90 Å². The van der Waals surface area contributed by atoms with Gasteiger partial charge < -0.3 is 4.42 Å². The van der Waals surface area contributed by atoms with Crippen LogP contribution < -0.4 is 0 Å². The van der Waals surface area contributed by atoms with Crippen molar-refractivity contribution in [2.75, 3.05) is 0 Å². The van der Waals surface area contributed by atoms with Crippen LogP contribution in [-0.2, 0) is 11.3 Å². The average Bonchev–Trinajstić information content (AvgIpc) is 3.27. The van der Waals surface area contributed by atoms with Crippen LogP contribution in [0.2, 0.25) is 15.1 Å². The molecule has 4 nitrogen and oxygen atoms in total. The Morgan fingerprint density at radius 1 is 0.967 bits per heavy atom. The number of thioether (sulfide) groups is 1. The fraction of sp³-hybridized carbons (Fsp3) is 0.0909. The van der Waals surface area contributed by atoms with Crippen LogP contribution >= 0.6 is 46.6 Å². The van der Waals surface area contributed by atoms with Crippen LogP contribution in [0.3, 0.4) is 0 Å². The van der Waals surface area contributed by atoms with E-state index < -0.39 is 0 Å². The van der Waals surface area contributed by atoms with Crippen molar-refractivity contribution in [3.05, 3.63) is 85.4 Å². The molecule has 1 saturated heterocycles. The Kier molecular flexibility index (Phi) is 5.98. The Bertz CT molecular complexity index is 1200. The molecule has 1 fully saturated rings. The highest BCUT2D eigenvalue weighted by Crippen LogP contribution is 2.35. The average molecular weight is 479 g/mol. The summed E-state index contributed by atoms with van der Waals surface area (Å²) in [5.74, 6) is 0.715. The van der Waals surface area contributed by atoms with E-state index in [9.17, 15) is 9.59 Å². The number of carbonyl (C=O) groups is 2. The maximum absolute atomic E-state index is 12.7. The molecule has 0 aliphatic carbocycles. The standard InChI is InChI=1S/C22H14Cl3NO3S/c1-12-2-4-14(9-17(12)24)19-7-5-15(29-19)10-20-21(27)26(22(28)30-20)11-13-3-6-16(23)18(25)8-13/h2-10H,11H2,1H3/b20-10-. The highest BCUT2D eigenvalue weighted by Gasteiger charge is 2.35. The van der Waals surface area contributed by atoms with Crippen molar-refractivity contribution in [1.29, 1.82) is 0 Å². The molecule has 0 radical (unpaired) electrons. The molecule has 2 aromatic carbocycles. The predicted molar refractivity (Wildman–Crippen MR) is 122 cm³/mol. The van der Waals surface area contributed by atoms with Crippen LogP contribution in [0.15, 0.2) is 57.9 Å². The molecule has 30 heavy (non-hydrogen) atoms. The normalized spacial score (nSPS) is 15.5. The topological polar surface area (TPSA) is 50.5 Å². The van der Waals surface area contributed by atoms with E-state index in [1.165, 1.54) is 4.90 Å². The predicted octanol–water partition coefficient (Wildman–Crippen LogP) is 7.45.